The number of hydrogen-bond acceptors (Lipinski definition) is 2. The highest BCUT2D eigenvalue weighted by Crippen LogP contribution is 2.29. The molecule has 116 valence electrons. The van der Waals surface area contributed by atoms with E-state index in [1.807, 2.05) is 4.90 Å². The lowest BCUT2D eigenvalue weighted by molar-refractivity contribution is -0.135. The van der Waals surface area contributed by atoms with E-state index in [9.17, 15) is 4.79 Å². The van der Waals surface area contributed by atoms with E-state index in [0.29, 0.717) is 12.6 Å². The van der Waals surface area contributed by atoms with Crippen LogP contribution in [0.15, 0.2) is 24.3 Å². The molecule has 0 heterocycles. The molecule has 3 nitrogen and oxygen atoms in total. The highest BCUT2D eigenvalue weighted by Gasteiger charge is 2.35. The molecule has 1 aromatic rings. The second kappa shape index (κ2) is 7.08. The molecule has 2 rings (SSSR count). The monoisotopic (exact) mass is 288 g/mol. The maximum absolute atomic E-state index is 12.7. The average molecular weight is 288 g/mol. The average Bonchev–Trinajstić information content (AvgIpc) is 3.35. The summed E-state index contributed by atoms with van der Waals surface area (Å²) in [6, 6.07) is 8.61. The van der Waals surface area contributed by atoms with Crippen LogP contribution >= 0.6 is 0 Å². The molecular formula is C18H28N2O. The predicted octanol–water partition coefficient (Wildman–Crippen LogP) is 3.11. The third-order valence-corrected chi connectivity index (χ3v) is 4.60. The lowest BCUT2D eigenvalue weighted by atomic mass is 9.98. The van der Waals surface area contributed by atoms with Gasteiger partial charge in [0.1, 0.15) is 0 Å². The standard InChI is InChI=1S/C18H28N2O/c1-4-13(3)17(19)18(21)20(16-10-11-16)12-15-8-6-14(5-2)7-9-15/h6-9,13,16-17H,4-5,10-12,19H2,1-3H3. The van der Waals surface area contributed by atoms with Crippen LogP contribution in [0.2, 0.25) is 0 Å². The molecule has 2 atom stereocenters. The van der Waals surface area contributed by atoms with Gasteiger partial charge in [-0.15, -0.1) is 0 Å². The van der Waals surface area contributed by atoms with E-state index in [4.69, 9.17) is 5.73 Å². The van der Waals surface area contributed by atoms with Crippen LogP contribution in [-0.2, 0) is 17.8 Å². The fourth-order valence-electron chi connectivity index (χ4n) is 2.54. The number of amides is 1. The number of carbonyl (C=O) groups is 1. The van der Waals surface area contributed by atoms with E-state index in [-0.39, 0.29) is 17.9 Å². The zero-order valence-corrected chi connectivity index (χ0v) is 13.5. The second-order valence-electron chi connectivity index (χ2n) is 6.28. The molecule has 2 N–H and O–H groups in total. The van der Waals surface area contributed by atoms with Gasteiger partial charge < -0.3 is 10.6 Å². The molecule has 2 unspecified atom stereocenters. The summed E-state index contributed by atoms with van der Waals surface area (Å²) in [4.78, 5) is 14.7. The van der Waals surface area contributed by atoms with Crippen molar-refractivity contribution in [3.63, 3.8) is 0 Å². The van der Waals surface area contributed by atoms with E-state index in [1.54, 1.807) is 0 Å². The first-order valence-electron chi connectivity index (χ1n) is 8.20. The number of rotatable bonds is 7. The van der Waals surface area contributed by atoms with Crippen molar-refractivity contribution in [2.75, 3.05) is 0 Å². The lowest BCUT2D eigenvalue weighted by Gasteiger charge is -2.28. The van der Waals surface area contributed by atoms with Crippen LogP contribution < -0.4 is 5.73 Å². The Labute approximate surface area is 128 Å². The maximum atomic E-state index is 12.7. The molecule has 0 aromatic heterocycles. The summed E-state index contributed by atoms with van der Waals surface area (Å²) in [5, 5.41) is 0. The Morgan fingerprint density at radius 1 is 1.24 bits per heavy atom. The van der Waals surface area contributed by atoms with Crippen molar-refractivity contribution in [3.05, 3.63) is 35.4 Å². The minimum atomic E-state index is -0.370. The number of aryl methyl sites for hydroxylation is 1. The first kappa shape index (κ1) is 16.0. The molecule has 0 spiro atoms. The van der Waals surface area contributed by atoms with Crippen molar-refractivity contribution in [3.8, 4) is 0 Å². The van der Waals surface area contributed by atoms with Crippen molar-refractivity contribution in [1.82, 2.24) is 4.90 Å². The maximum Gasteiger partial charge on any atom is 0.240 e. The Bertz CT molecular complexity index is 465. The summed E-state index contributed by atoms with van der Waals surface area (Å²) < 4.78 is 0. The van der Waals surface area contributed by atoms with Gasteiger partial charge >= 0.3 is 0 Å². The van der Waals surface area contributed by atoms with Crippen molar-refractivity contribution in [2.24, 2.45) is 11.7 Å². The van der Waals surface area contributed by atoms with Crippen LogP contribution in [0.5, 0.6) is 0 Å². The third kappa shape index (κ3) is 4.07. The lowest BCUT2D eigenvalue weighted by Crippen LogP contribution is -2.47. The smallest absolute Gasteiger partial charge is 0.240 e. The van der Waals surface area contributed by atoms with Crippen LogP contribution in [0, 0.1) is 5.92 Å². The normalized spacial score (nSPS) is 17.3. The highest BCUT2D eigenvalue weighted by atomic mass is 16.2. The van der Waals surface area contributed by atoms with Crippen molar-refractivity contribution in [2.45, 2.75) is 65.1 Å². The number of carbonyl (C=O) groups excluding carboxylic acids is 1. The van der Waals surface area contributed by atoms with E-state index in [2.05, 4.69) is 45.0 Å². The van der Waals surface area contributed by atoms with Crippen LogP contribution in [-0.4, -0.2) is 22.9 Å². The Morgan fingerprint density at radius 2 is 1.81 bits per heavy atom. The van der Waals surface area contributed by atoms with Gasteiger partial charge in [0.15, 0.2) is 0 Å². The second-order valence-corrected chi connectivity index (χ2v) is 6.28. The largest absolute Gasteiger partial charge is 0.334 e. The first-order chi connectivity index (χ1) is 10.1. The van der Waals surface area contributed by atoms with Gasteiger partial charge in [0.05, 0.1) is 6.04 Å². The fourth-order valence-corrected chi connectivity index (χ4v) is 2.54. The van der Waals surface area contributed by atoms with E-state index >= 15 is 0 Å². The molecule has 1 fully saturated rings. The first-order valence-corrected chi connectivity index (χ1v) is 8.20. The molecule has 1 aliphatic rings. The van der Waals surface area contributed by atoms with Gasteiger partial charge in [-0.25, -0.2) is 0 Å². The molecule has 1 amide bonds. The quantitative estimate of drug-likeness (QED) is 0.838. The Kier molecular flexibility index (Phi) is 5.40. The fraction of sp³-hybridized carbons (Fsp3) is 0.611. The highest BCUT2D eigenvalue weighted by molar-refractivity contribution is 5.82. The molecule has 0 bridgehead atoms. The zero-order chi connectivity index (χ0) is 15.4. The Morgan fingerprint density at radius 3 is 2.29 bits per heavy atom. The van der Waals surface area contributed by atoms with Crippen LogP contribution in [0.25, 0.3) is 0 Å². The number of nitrogens with two attached hydrogens (primary N) is 1. The number of hydrogen-bond donors (Lipinski definition) is 1. The summed E-state index contributed by atoms with van der Waals surface area (Å²) in [5.74, 6) is 0.354. The van der Waals surface area contributed by atoms with Gasteiger partial charge in [-0.1, -0.05) is 51.5 Å². The van der Waals surface area contributed by atoms with Gasteiger partial charge in [-0.05, 0) is 36.3 Å². The molecule has 1 aliphatic carbocycles. The summed E-state index contributed by atoms with van der Waals surface area (Å²) in [5.41, 5.74) is 8.68. The molecule has 0 saturated heterocycles. The molecule has 3 heteroatoms. The zero-order valence-electron chi connectivity index (χ0n) is 13.5. The van der Waals surface area contributed by atoms with Gasteiger partial charge in [-0.3, -0.25) is 4.79 Å². The topological polar surface area (TPSA) is 46.3 Å². The minimum Gasteiger partial charge on any atom is -0.334 e. The van der Waals surface area contributed by atoms with Gasteiger partial charge in [0.2, 0.25) is 5.91 Å². The van der Waals surface area contributed by atoms with Crippen LogP contribution in [0.4, 0.5) is 0 Å². The van der Waals surface area contributed by atoms with Gasteiger partial charge in [0.25, 0.3) is 0 Å². The Hall–Kier alpha value is -1.35. The third-order valence-electron chi connectivity index (χ3n) is 4.60. The molecule has 0 radical (unpaired) electrons. The summed E-state index contributed by atoms with van der Waals surface area (Å²) >= 11 is 0. The van der Waals surface area contributed by atoms with Gasteiger partial charge in [-0.2, -0.15) is 0 Å². The molecule has 21 heavy (non-hydrogen) atoms. The molecule has 1 saturated carbocycles. The molecular weight excluding hydrogens is 260 g/mol. The predicted molar refractivity (Wildman–Crippen MR) is 86.8 cm³/mol. The molecule has 1 aromatic carbocycles. The van der Waals surface area contributed by atoms with E-state index in [0.717, 1.165) is 25.7 Å². The number of nitrogens with zero attached hydrogens (tertiary/aromatic N) is 1. The minimum absolute atomic E-state index is 0.117. The van der Waals surface area contributed by atoms with Crippen molar-refractivity contribution < 1.29 is 4.79 Å². The van der Waals surface area contributed by atoms with Crippen LogP contribution in [0.3, 0.4) is 0 Å². The summed E-state index contributed by atoms with van der Waals surface area (Å²) in [6.07, 6.45) is 4.22. The molecule has 0 aliphatic heterocycles. The van der Waals surface area contributed by atoms with Gasteiger partial charge in [0, 0.05) is 12.6 Å². The summed E-state index contributed by atoms with van der Waals surface area (Å²) in [7, 11) is 0. The van der Waals surface area contributed by atoms with E-state index < -0.39 is 0 Å². The number of benzene rings is 1. The van der Waals surface area contributed by atoms with Crippen LogP contribution in [0.1, 0.15) is 51.2 Å². The SMILES string of the molecule is CCc1ccc(CN(C(=O)C(N)C(C)CC)C2CC2)cc1. The Balaban J connectivity index is 2.06. The van der Waals surface area contributed by atoms with Crippen molar-refractivity contribution >= 4 is 5.91 Å². The summed E-state index contributed by atoms with van der Waals surface area (Å²) in [6.45, 7) is 6.99. The van der Waals surface area contributed by atoms with E-state index in [1.165, 1.54) is 11.1 Å². The van der Waals surface area contributed by atoms with Crippen molar-refractivity contribution in [1.29, 1.82) is 0 Å².